The molecule has 4 heteroatoms. The third-order valence-electron chi connectivity index (χ3n) is 3.04. The van der Waals surface area contributed by atoms with Crippen molar-refractivity contribution >= 4 is 5.97 Å². The fourth-order valence-corrected chi connectivity index (χ4v) is 2.17. The van der Waals surface area contributed by atoms with E-state index in [9.17, 15) is 9.18 Å². The Morgan fingerprint density at radius 1 is 1.44 bits per heavy atom. The van der Waals surface area contributed by atoms with Gasteiger partial charge in [-0.2, -0.15) is 0 Å². The Kier molecular flexibility index (Phi) is 2.92. The molecule has 1 aliphatic rings. The van der Waals surface area contributed by atoms with Crippen molar-refractivity contribution < 1.29 is 14.3 Å². The normalized spacial score (nSPS) is 25.9. The summed E-state index contributed by atoms with van der Waals surface area (Å²) in [7, 11) is 1.88. The number of hydrogen-bond donors (Lipinski definition) is 1. The lowest BCUT2D eigenvalue weighted by molar-refractivity contribution is 0.0697. The van der Waals surface area contributed by atoms with Crippen molar-refractivity contribution in [3.8, 4) is 0 Å². The number of nitrogens with zero attached hydrogens (tertiary/aromatic N) is 1. The van der Waals surface area contributed by atoms with E-state index in [0.717, 1.165) is 5.56 Å². The van der Waals surface area contributed by atoms with E-state index in [0.29, 0.717) is 13.0 Å². The van der Waals surface area contributed by atoms with E-state index < -0.39 is 12.1 Å². The van der Waals surface area contributed by atoms with Crippen LogP contribution in [0, 0.1) is 0 Å². The van der Waals surface area contributed by atoms with Crippen LogP contribution in [0.2, 0.25) is 0 Å². The topological polar surface area (TPSA) is 40.5 Å². The largest absolute Gasteiger partial charge is 0.478 e. The Balaban J connectivity index is 2.19. The fourth-order valence-electron chi connectivity index (χ4n) is 2.17. The Bertz CT molecular complexity index is 391. The van der Waals surface area contributed by atoms with E-state index in [2.05, 4.69) is 0 Å². The summed E-state index contributed by atoms with van der Waals surface area (Å²) in [5.74, 6) is -0.935. The van der Waals surface area contributed by atoms with Crippen LogP contribution in [-0.4, -0.2) is 35.7 Å². The van der Waals surface area contributed by atoms with E-state index in [4.69, 9.17) is 5.11 Å². The predicted molar refractivity (Wildman–Crippen MR) is 58.3 cm³/mol. The Hall–Kier alpha value is -1.42. The van der Waals surface area contributed by atoms with Crippen LogP contribution in [0.15, 0.2) is 24.3 Å². The van der Waals surface area contributed by atoms with Crippen LogP contribution in [0.3, 0.4) is 0 Å². The molecule has 1 N–H and O–H groups in total. The second kappa shape index (κ2) is 4.22. The van der Waals surface area contributed by atoms with Gasteiger partial charge in [-0.1, -0.05) is 12.1 Å². The molecule has 0 saturated carbocycles. The summed E-state index contributed by atoms with van der Waals surface area (Å²) in [5, 5.41) is 8.76. The molecule has 1 aliphatic heterocycles. The van der Waals surface area contributed by atoms with Gasteiger partial charge in [-0.25, -0.2) is 9.18 Å². The van der Waals surface area contributed by atoms with Gasteiger partial charge in [-0.05, 0) is 31.2 Å². The quantitative estimate of drug-likeness (QED) is 0.834. The van der Waals surface area contributed by atoms with Crippen LogP contribution in [0.1, 0.15) is 28.4 Å². The van der Waals surface area contributed by atoms with Gasteiger partial charge in [0.05, 0.1) is 5.56 Å². The highest BCUT2D eigenvalue weighted by Gasteiger charge is 2.30. The molecule has 0 aliphatic carbocycles. The van der Waals surface area contributed by atoms with Gasteiger partial charge in [0.2, 0.25) is 0 Å². The first kappa shape index (κ1) is 11.1. The van der Waals surface area contributed by atoms with Crippen molar-refractivity contribution in [1.29, 1.82) is 0 Å². The first-order valence-corrected chi connectivity index (χ1v) is 5.25. The maximum absolute atomic E-state index is 13.2. The van der Waals surface area contributed by atoms with E-state index in [1.54, 1.807) is 24.3 Å². The molecule has 1 aromatic carbocycles. The van der Waals surface area contributed by atoms with Crippen LogP contribution >= 0.6 is 0 Å². The molecule has 1 heterocycles. The number of carboxylic acids is 1. The Morgan fingerprint density at radius 2 is 2.06 bits per heavy atom. The van der Waals surface area contributed by atoms with Crippen molar-refractivity contribution in [3.05, 3.63) is 35.4 Å². The first-order chi connectivity index (χ1) is 7.58. The van der Waals surface area contributed by atoms with Crippen molar-refractivity contribution in [3.63, 3.8) is 0 Å². The molecule has 2 rings (SSSR count). The van der Waals surface area contributed by atoms with E-state index >= 15 is 0 Å². The minimum absolute atomic E-state index is 0.0674. The van der Waals surface area contributed by atoms with E-state index in [-0.39, 0.29) is 11.6 Å². The van der Waals surface area contributed by atoms with Crippen molar-refractivity contribution in [1.82, 2.24) is 4.90 Å². The van der Waals surface area contributed by atoms with Gasteiger partial charge in [-0.3, -0.25) is 4.90 Å². The molecule has 16 heavy (non-hydrogen) atoms. The molecule has 2 atom stereocenters. The van der Waals surface area contributed by atoms with Crippen molar-refractivity contribution in [2.24, 2.45) is 0 Å². The fraction of sp³-hybridized carbons (Fsp3) is 0.417. The molecular weight excluding hydrogens is 209 g/mol. The molecule has 0 spiro atoms. The summed E-state index contributed by atoms with van der Waals surface area (Å²) in [4.78, 5) is 12.6. The number of benzene rings is 1. The van der Waals surface area contributed by atoms with Crippen LogP contribution in [0.5, 0.6) is 0 Å². The minimum atomic E-state index is -0.935. The second-order valence-corrected chi connectivity index (χ2v) is 4.22. The number of carboxylic acid groups (broad SMARTS) is 1. The van der Waals surface area contributed by atoms with E-state index in [1.807, 2.05) is 11.9 Å². The maximum Gasteiger partial charge on any atom is 0.335 e. The van der Waals surface area contributed by atoms with Crippen LogP contribution < -0.4 is 0 Å². The van der Waals surface area contributed by atoms with Crippen molar-refractivity contribution in [2.45, 2.75) is 18.6 Å². The number of aromatic carboxylic acids is 1. The molecular formula is C12H14FNO2. The molecule has 1 saturated heterocycles. The lowest BCUT2D eigenvalue weighted by atomic mass is 10.0. The maximum atomic E-state index is 13.2. The molecule has 0 amide bonds. The zero-order valence-electron chi connectivity index (χ0n) is 9.06. The SMILES string of the molecule is CN1CC(F)CC1c1ccc(C(=O)O)cc1. The second-order valence-electron chi connectivity index (χ2n) is 4.22. The highest BCUT2D eigenvalue weighted by molar-refractivity contribution is 5.87. The zero-order chi connectivity index (χ0) is 11.7. The summed E-state index contributed by atoms with van der Waals surface area (Å²) < 4.78 is 13.2. The Labute approximate surface area is 93.5 Å². The smallest absolute Gasteiger partial charge is 0.335 e. The standard InChI is InChI=1S/C12H14FNO2/c1-14-7-10(13)6-11(14)8-2-4-9(5-3-8)12(15)16/h2-5,10-11H,6-7H2,1H3,(H,15,16). The average molecular weight is 223 g/mol. The zero-order valence-corrected chi connectivity index (χ0v) is 9.06. The van der Waals surface area contributed by atoms with Gasteiger partial charge >= 0.3 is 5.97 Å². The lowest BCUT2D eigenvalue weighted by Crippen LogP contribution is -2.18. The molecule has 3 nitrogen and oxygen atoms in total. The monoisotopic (exact) mass is 223 g/mol. The van der Waals surface area contributed by atoms with Gasteiger partial charge < -0.3 is 5.11 Å². The first-order valence-electron chi connectivity index (χ1n) is 5.25. The average Bonchev–Trinajstić information content (AvgIpc) is 2.58. The summed E-state index contributed by atoms with van der Waals surface area (Å²) in [6, 6.07) is 6.73. The third-order valence-corrected chi connectivity index (χ3v) is 3.04. The molecule has 0 bridgehead atoms. The molecule has 1 fully saturated rings. The highest BCUT2D eigenvalue weighted by atomic mass is 19.1. The minimum Gasteiger partial charge on any atom is -0.478 e. The van der Waals surface area contributed by atoms with Gasteiger partial charge in [-0.15, -0.1) is 0 Å². The number of carbonyl (C=O) groups is 1. The van der Waals surface area contributed by atoms with Gasteiger partial charge in [0.15, 0.2) is 0 Å². The summed E-state index contributed by atoms with van der Waals surface area (Å²) >= 11 is 0. The van der Waals surface area contributed by atoms with Gasteiger partial charge in [0.1, 0.15) is 6.17 Å². The summed E-state index contributed by atoms with van der Waals surface area (Å²) in [6.45, 7) is 0.450. The van der Waals surface area contributed by atoms with Crippen LogP contribution in [-0.2, 0) is 0 Å². The lowest BCUT2D eigenvalue weighted by Gasteiger charge is -2.19. The molecule has 1 aromatic rings. The summed E-state index contributed by atoms with van der Waals surface area (Å²) in [5.41, 5.74) is 1.24. The van der Waals surface area contributed by atoms with Gasteiger partial charge in [0, 0.05) is 12.6 Å². The number of rotatable bonds is 2. The third kappa shape index (κ3) is 2.07. The number of hydrogen-bond acceptors (Lipinski definition) is 2. The Morgan fingerprint density at radius 3 is 2.50 bits per heavy atom. The van der Waals surface area contributed by atoms with E-state index in [1.165, 1.54) is 0 Å². The highest BCUT2D eigenvalue weighted by Crippen LogP contribution is 2.31. The van der Waals surface area contributed by atoms with Gasteiger partial charge in [0.25, 0.3) is 0 Å². The summed E-state index contributed by atoms with van der Waals surface area (Å²) in [6.07, 6.45) is -0.294. The van der Waals surface area contributed by atoms with Crippen molar-refractivity contribution in [2.75, 3.05) is 13.6 Å². The van der Waals surface area contributed by atoms with Crippen LogP contribution in [0.25, 0.3) is 0 Å². The molecule has 0 aromatic heterocycles. The molecule has 86 valence electrons. The number of alkyl halides is 1. The number of likely N-dealkylation sites (tertiary alicyclic amines) is 1. The number of halogens is 1. The predicted octanol–water partition coefficient (Wildman–Crippen LogP) is 2.10. The molecule has 2 unspecified atom stereocenters. The molecule has 0 radical (unpaired) electrons. The van der Waals surface area contributed by atoms with Crippen LogP contribution in [0.4, 0.5) is 4.39 Å².